The normalized spacial score (nSPS) is 16.2. The first-order chi connectivity index (χ1) is 9.26. The number of benzene rings is 1. The number of nitrogens with one attached hydrogen (secondary N) is 1. The van der Waals surface area contributed by atoms with Gasteiger partial charge in [0.1, 0.15) is 5.75 Å². The molecule has 118 valence electrons. The largest absolute Gasteiger partial charge is 0.508 e. The SMILES string of the molecule is CCC[C@@H](c1cc(C#N)ccc1O)N1CCNCC1.Cl.Cl. The number of piperazine rings is 1. The van der Waals surface area contributed by atoms with Crippen molar-refractivity contribution in [2.75, 3.05) is 26.2 Å². The molecule has 0 amide bonds. The molecule has 1 aromatic rings. The van der Waals surface area contributed by atoms with Crippen molar-refractivity contribution in [2.24, 2.45) is 0 Å². The van der Waals surface area contributed by atoms with Crippen LogP contribution >= 0.6 is 24.8 Å². The third kappa shape index (κ3) is 5.05. The van der Waals surface area contributed by atoms with E-state index in [9.17, 15) is 5.11 Å². The summed E-state index contributed by atoms with van der Waals surface area (Å²) in [6, 6.07) is 7.50. The van der Waals surface area contributed by atoms with E-state index in [2.05, 4.69) is 23.2 Å². The van der Waals surface area contributed by atoms with E-state index in [-0.39, 0.29) is 30.9 Å². The highest BCUT2D eigenvalue weighted by Crippen LogP contribution is 2.33. The molecule has 4 nitrogen and oxygen atoms in total. The molecule has 1 aliphatic rings. The summed E-state index contributed by atoms with van der Waals surface area (Å²) in [4.78, 5) is 2.40. The van der Waals surface area contributed by atoms with Crippen LogP contribution in [0.5, 0.6) is 5.75 Å². The molecule has 2 N–H and O–H groups in total. The second kappa shape index (κ2) is 9.86. The lowest BCUT2D eigenvalue weighted by atomic mass is 9.97. The zero-order valence-electron chi connectivity index (χ0n) is 12.2. The monoisotopic (exact) mass is 331 g/mol. The molecule has 1 aliphatic heterocycles. The molecule has 0 saturated carbocycles. The number of rotatable bonds is 4. The summed E-state index contributed by atoms with van der Waals surface area (Å²) in [7, 11) is 0. The first kappa shape index (κ1) is 20.0. The molecule has 0 radical (unpaired) electrons. The lowest BCUT2D eigenvalue weighted by Crippen LogP contribution is -2.45. The van der Waals surface area contributed by atoms with Crippen LogP contribution in [0.3, 0.4) is 0 Å². The number of nitriles is 1. The Morgan fingerprint density at radius 1 is 1.33 bits per heavy atom. The molecule has 1 saturated heterocycles. The molecule has 1 heterocycles. The predicted molar refractivity (Wildman–Crippen MR) is 89.4 cm³/mol. The van der Waals surface area contributed by atoms with Crippen LogP contribution in [0.1, 0.15) is 36.9 Å². The van der Waals surface area contributed by atoms with Gasteiger partial charge >= 0.3 is 0 Å². The molecule has 0 aromatic heterocycles. The van der Waals surface area contributed by atoms with Crippen molar-refractivity contribution in [1.29, 1.82) is 5.26 Å². The van der Waals surface area contributed by atoms with Crippen LogP contribution in [0.4, 0.5) is 0 Å². The average Bonchev–Trinajstić information content (AvgIpc) is 2.47. The minimum absolute atomic E-state index is 0. The summed E-state index contributed by atoms with van der Waals surface area (Å²) in [5.74, 6) is 0.302. The molecule has 1 atom stereocenters. The van der Waals surface area contributed by atoms with E-state index in [4.69, 9.17) is 5.26 Å². The third-order valence-corrected chi connectivity index (χ3v) is 3.67. The predicted octanol–water partition coefficient (Wildman–Crippen LogP) is 2.85. The summed E-state index contributed by atoms with van der Waals surface area (Å²) in [5.41, 5.74) is 1.51. The van der Waals surface area contributed by atoms with Crippen molar-refractivity contribution < 1.29 is 5.11 Å². The van der Waals surface area contributed by atoms with E-state index in [1.165, 1.54) is 0 Å². The van der Waals surface area contributed by atoms with E-state index in [0.717, 1.165) is 44.6 Å². The van der Waals surface area contributed by atoms with Gasteiger partial charge in [-0.25, -0.2) is 0 Å². The van der Waals surface area contributed by atoms with E-state index < -0.39 is 0 Å². The molecule has 1 fully saturated rings. The van der Waals surface area contributed by atoms with Gasteiger partial charge in [-0.15, -0.1) is 24.8 Å². The van der Waals surface area contributed by atoms with Gasteiger partial charge in [0, 0.05) is 37.8 Å². The zero-order valence-corrected chi connectivity index (χ0v) is 13.8. The van der Waals surface area contributed by atoms with Crippen LogP contribution < -0.4 is 5.32 Å². The number of hydrogen-bond donors (Lipinski definition) is 2. The second-order valence-electron chi connectivity index (χ2n) is 4.98. The molecule has 2 rings (SSSR count). The fraction of sp³-hybridized carbons (Fsp3) is 0.533. The van der Waals surface area contributed by atoms with Crippen molar-refractivity contribution in [3.05, 3.63) is 29.3 Å². The maximum absolute atomic E-state index is 10.1. The van der Waals surface area contributed by atoms with Crippen molar-refractivity contribution in [2.45, 2.75) is 25.8 Å². The Kier molecular flexibility index (Phi) is 9.39. The fourth-order valence-corrected chi connectivity index (χ4v) is 2.69. The maximum Gasteiger partial charge on any atom is 0.120 e. The molecule has 0 bridgehead atoms. The van der Waals surface area contributed by atoms with E-state index in [1.807, 2.05) is 6.07 Å². The highest BCUT2D eigenvalue weighted by molar-refractivity contribution is 5.85. The summed E-state index contributed by atoms with van der Waals surface area (Å²) >= 11 is 0. The Morgan fingerprint density at radius 2 is 2.00 bits per heavy atom. The minimum atomic E-state index is 0. The van der Waals surface area contributed by atoms with Gasteiger partial charge in [-0.05, 0) is 24.6 Å². The number of nitrogens with zero attached hydrogens (tertiary/aromatic N) is 2. The molecular weight excluding hydrogens is 309 g/mol. The molecule has 6 heteroatoms. The minimum Gasteiger partial charge on any atom is -0.508 e. The molecule has 1 aromatic carbocycles. The summed E-state index contributed by atoms with van der Waals surface area (Å²) in [6.45, 7) is 6.10. The summed E-state index contributed by atoms with van der Waals surface area (Å²) in [5, 5.41) is 22.5. The topological polar surface area (TPSA) is 59.3 Å². The molecule has 0 unspecified atom stereocenters. The van der Waals surface area contributed by atoms with E-state index >= 15 is 0 Å². The number of hydrogen-bond acceptors (Lipinski definition) is 4. The molecule has 21 heavy (non-hydrogen) atoms. The quantitative estimate of drug-likeness (QED) is 0.890. The Labute approximate surface area is 139 Å². The maximum atomic E-state index is 10.1. The van der Waals surface area contributed by atoms with Crippen molar-refractivity contribution >= 4 is 24.8 Å². The van der Waals surface area contributed by atoms with Crippen molar-refractivity contribution in [3.8, 4) is 11.8 Å². The molecular formula is C15H23Cl2N3O. The van der Waals surface area contributed by atoms with E-state index in [0.29, 0.717) is 11.3 Å². The first-order valence-corrected chi connectivity index (χ1v) is 6.94. The average molecular weight is 332 g/mol. The Hall–Kier alpha value is -0.990. The smallest absolute Gasteiger partial charge is 0.120 e. The van der Waals surface area contributed by atoms with Crippen LogP contribution in [-0.2, 0) is 0 Å². The number of phenols is 1. The second-order valence-corrected chi connectivity index (χ2v) is 4.98. The van der Waals surface area contributed by atoms with Gasteiger partial charge in [0.15, 0.2) is 0 Å². The number of aromatic hydroxyl groups is 1. The first-order valence-electron chi connectivity index (χ1n) is 6.94. The van der Waals surface area contributed by atoms with Gasteiger partial charge in [-0.1, -0.05) is 13.3 Å². The van der Waals surface area contributed by atoms with Crippen LogP contribution in [-0.4, -0.2) is 36.2 Å². The number of phenolic OH excluding ortho intramolecular Hbond substituents is 1. The highest BCUT2D eigenvalue weighted by atomic mass is 35.5. The van der Waals surface area contributed by atoms with Gasteiger partial charge in [-0.2, -0.15) is 5.26 Å². The lowest BCUT2D eigenvalue weighted by Gasteiger charge is -2.35. The summed E-state index contributed by atoms with van der Waals surface area (Å²) in [6.07, 6.45) is 2.06. The van der Waals surface area contributed by atoms with Gasteiger partial charge in [-0.3, -0.25) is 4.90 Å². The third-order valence-electron chi connectivity index (χ3n) is 3.67. The fourth-order valence-electron chi connectivity index (χ4n) is 2.69. The number of halogens is 2. The lowest BCUT2D eigenvalue weighted by molar-refractivity contribution is 0.162. The zero-order chi connectivity index (χ0) is 13.7. The van der Waals surface area contributed by atoms with Crippen LogP contribution in [0.2, 0.25) is 0 Å². The van der Waals surface area contributed by atoms with Crippen molar-refractivity contribution in [3.63, 3.8) is 0 Å². The van der Waals surface area contributed by atoms with Gasteiger partial charge in [0.05, 0.1) is 11.6 Å². The van der Waals surface area contributed by atoms with E-state index in [1.54, 1.807) is 12.1 Å². The molecule has 0 spiro atoms. The van der Waals surface area contributed by atoms with Gasteiger partial charge in [0.25, 0.3) is 0 Å². The van der Waals surface area contributed by atoms with Crippen molar-refractivity contribution in [1.82, 2.24) is 10.2 Å². The standard InChI is InChI=1S/C15H21N3O.2ClH/c1-2-3-14(18-8-6-17-7-9-18)13-10-12(11-16)4-5-15(13)19;;/h4-5,10,14,17,19H,2-3,6-9H2,1H3;2*1H/t14-;;/m0../s1. The summed E-state index contributed by atoms with van der Waals surface area (Å²) < 4.78 is 0. The van der Waals surface area contributed by atoms with Gasteiger partial charge in [0.2, 0.25) is 0 Å². The van der Waals surface area contributed by atoms with Crippen LogP contribution in [0.15, 0.2) is 18.2 Å². The Bertz CT molecular complexity index is 470. The van der Waals surface area contributed by atoms with Gasteiger partial charge < -0.3 is 10.4 Å². The Balaban J connectivity index is 0.00000200. The Morgan fingerprint density at radius 3 is 2.57 bits per heavy atom. The van der Waals surface area contributed by atoms with Crippen LogP contribution in [0, 0.1) is 11.3 Å². The molecule has 0 aliphatic carbocycles. The highest BCUT2D eigenvalue weighted by Gasteiger charge is 2.23. The van der Waals surface area contributed by atoms with Crippen LogP contribution in [0.25, 0.3) is 0 Å².